The molecular formula is C21H25N3O4S. The van der Waals surface area contributed by atoms with Crippen LogP contribution in [-0.2, 0) is 11.2 Å². The standard InChI is InChI=1S/C21H25N3O4S/c1-5-13(6-2)19-23-24-21(29-19)22-18(25)10-9-16-12(3)15-8-7-14(27-4)11-17(15)28-20(16)26/h7-8,11,13H,5-6,9-10H2,1-4H3,(H,22,24,25). The largest absolute Gasteiger partial charge is 0.497 e. The van der Waals surface area contributed by atoms with Gasteiger partial charge in [0.1, 0.15) is 16.3 Å². The van der Waals surface area contributed by atoms with Crippen molar-refractivity contribution in [3.8, 4) is 5.75 Å². The number of amides is 1. The lowest BCUT2D eigenvalue weighted by Crippen LogP contribution is -2.16. The summed E-state index contributed by atoms with van der Waals surface area (Å²) in [6.07, 6.45) is 2.43. The van der Waals surface area contributed by atoms with E-state index in [1.807, 2.05) is 19.1 Å². The topological polar surface area (TPSA) is 94.3 Å². The molecule has 0 aliphatic carbocycles. The zero-order valence-electron chi connectivity index (χ0n) is 17.1. The number of aromatic nitrogens is 2. The third kappa shape index (κ3) is 4.64. The molecule has 154 valence electrons. The number of benzene rings is 1. The first-order chi connectivity index (χ1) is 14.0. The van der Waals surface area contributed by atoms with Gasteiger partial charge in [-0.05, 0) is 43.9 Å². The fourth-order valence-electron chi connectivity index (χ4n) is 3.30. The Morgan fingerprint density at radius 2 is 2.03 bits per heavy atom. The predicted molar refractivity (Wildman–Crippen MR) is 114 cm³/mol. The van der Waals surface area contributed by atoms with Crippen LogP contribution in [0.3, 0.4) is 0 Å². The van der Waals surface area contributed by atoms with Crippen molar-refractivity contribution in [2.75, 3.05) is 12.4 Å². The van der Waals surface area contributed by atoms with E-state index in [0.717, 1.165) is 28.8 Å². The first-order valence-corrected chi connectivity index (χ1v) is 10.5. The third-order valence-corrected chi connectivity index (χ3v) is 6.12. The summed E-state index contributed by atoms with van der Waals surface area (Å²) in [7, 11) is 1.56. The van der Waals surface area contributed by atoms with Gasteiger partial charge in [-0.1, -0.05) is 25.2 Å². The number of ether oxygens (including phenoxy) is 1. The van der Waals surface area contributed by atoms with Crippen molar-refractivity contribution in [1.29, 1.82) is 0 Å². The van der Waals surface area contributed by atoms with Crippen LogP contribution in [0.2, 0.25) is 0 Å². The highest BCUT2D eigenvalue weighted by molar-refractivity contribution is 7.15. The second kappa shape index (κ2) is 9.17. The summed E-state index contributed by atoms with van der Waals surface area (Å²) in [5, 5.41) is 13.3. The molecule has 29 heavy (non-hydrogen) atoms. The number of carbonyl (C=O) groups is 1. The quantitative estimate of drug-likeness (QED) is 0.547. The Hall–Kier alpha value is -2.74. The van der Waals surface area contributed by atoms with Crippen LogP contribution in [0.15, 0.2) is 27.4 Å². The molecule has 7 nitrogen and oxygen atoms in total. The number of carbonyl (C=O) groups excluding carboxylic acids is 1. The first-order valence-electron chi connectivity index (χ1n) is 9.70. The highest BCUT2D eigenvalue weighted by Crippen LogP contribution is 2.28. The van der Waals surface area contributed by atoms with Crippen LogP contribution >= 0.6 is 11.3 Å². The van der Waals surface area contributed by atoms with Crippen LogP contribution in [0.25, 0.3) is 11.0 Å². The van der Waals surface area contributed by atoms with Gasteiger partial charge in [-0.15, -0.1) is 10.2 Å². The van der Waals surface area contributed by atoms with Crippen molar-refractivity contribution >= 4 is 33.3 Å². The summed E-state index contributed by atoms with van der Waals surface area (Å²) in [5.41, 5.74) is 1.37. The normalized spacial score (nSPS) is 11.2. The Morgan fingerprint density at radius 3 is 2.72 bits per heavy atom. The maximum atomic E-state index is 12.4. The van der Waals surface area contributed by atoms with Gasteiger partial charge < -0.3 is 14.5 Å². The van der Waals surface area contributed by atoms with Crippen molar-refractivity contribution in [1.82, 2.24) is 10.2 Å². The summed E-state index contributed by atoms with van der Waals surface area (Å²) >= 11 is 1.41. The second-order valence-electron chi connectivity index (χ2n) is 6.86. The maximum Gasteiger partial charge on any atom is 0.339 e. The summed E-state index contributed by atoms with van der Waals surface area (Å²) in [6.45, 7) is 6.09. The van der Waals surface area contributed by atoms with Gasteiger partial charge in [0.15, 0.2) is 0 Å². The second-order valence-corrected chi connectivity index (χ2v) is 7.87. The molecule has 0 spiro atoms. The number of nitrogens with one attached hydrogen (secondary N) is 1. The molecule has 0 aliphatic rings. The fourth-order valence-corrected chi connectivity index (χ4v) is 4.33. The van der Waals surface area contributed by atoms with Crippen LogP contribution < -0.4 is 15.7 Å². The molecule has 0 bridgehead atoms. The number of nitrogens with zero attached hydrogens (tertiary/aromatic N) is 2. The van der Waals surface area contributed by atoms with E-state index in [2.05, 4.69) is 29.4 Å². The zero-order valence-corrected chi connectivity index (χ0v) is 17.9. The number of methoxy groups -OCH3 is 1. The number of aryl methyl sites for hydroxylation is 1. The smallest absolute Gasteiger partial charge is 0.339 e. The lowest BCUT2D eigenvalue weighted by molar-refractivity contribution is -0.116. The summed E-state index contributed by atoms with van der Waals surface area (Å²) < 4.78 is 10.6. The molecule has 0 radical (unpaired) electrons. The number of rotatable bonds is 8. The molecule has 0 unspecified atom stereocenters. The van der Waals surface area contributed by atoms with Gasteiger partial charge in [-0.25, -0.2) is 4.79 Å². The van der Waals surface area contributed by atoms with E-state index in [4.69, 9.17) is 9.15 Å². The Morgan fingerprint density at radius 1 is 1.28 bits per heavy atom. The predicted octanol–water partition coefficient (Wildman–Crippen LogP) is 4.44. The molecule has 1 amide bonds. The van der Waals surface area contributed by atoms with Crippen LogP contribution in [0.1, 0.15) is 55.2 Å². The van der Waals surface area contributed by atoms with Crippen LogP contribution in [0.4, 0.5) is 5.13 Å². The van der Waals surface area contributed by atoms with Crippen molar-refractivity contribution in [2.24, 2.45) is 0 Å². The van der Waals surface area contributed by atoms with Crippen molar-refractivity contribution in [3.63, 3.8) is 0 Å². The minimum atomic E-state index is -0.428. The molecule has 2 heterocycles. The van der Waals surface area contributed by atoms with Crippen molar-refractivity contribution < 1.29 is 13.9 Å². The molecule has 0 saturated carbocycles. The summed E-state index contributed by atoms with van der Waals surface area (Å²) in [5.74, 6) is 0.782. The molecule has 0 fully saturated rings. The molecule has 0 saturated heterocycles. The van der Waals surface area contributed by atoms with E-state index in [1.54, 1.807) is 13.2 Å². The van der Waals surface area contributed by atoms with Crippen LogP contribution in [-0.4, -0.2) is 23.2 Å². The van der Waals surface area contributed by atoms with Gasteiger partial charge in [-0.2, -0.15) is 0 Å². The summed E-state index contributed by atoms with van der Waals surface area (Å²) in [4.78, 5) is 24.8. The first kappa shape index (κ1) is 21.0. The third-order valence-electron chi connectivity index (χ3n) is 5.12. The highest BCUT2D eigenvalue weighted by Gasteiger charge is 2.16. The number of hydrogen-bond acceptors (Lipinski definition) is 7. The molecule has 2 aromatic heterocycles. The molecule has 8 heteroatoms. The monoisotopic (exact) mass is 415 g/mol. The summed E-state index contributed by atoms with van der Waals surface area (Å²) in [6, 6.07) is 5.36. The lowest BCUT2D eigenvalue weighted by atomic mass is 10.0. The molecule has 0 aliphatic heterocycles. The number of anilines is 1. The van der Waals surface area contributed by atoms with Crippen molar-refractivity contribution in [2.45, 2.75) is 52.4 Å². The Labute approximate surface area is 173 Å². The van der Waals surface area contributed by atoms with Gasteiger partial charge in [0.25, 0.3) is 0 Å². The van der Waals surface area contributed by atoms with E-state index in [1.165, 1.54) is 11.3 Å². The maximum absolute atomic E-state index is 12.4. The van der Waals surface area contributed by atoms with Crippen molar-refractivity contribution in [3.05, 3.63) is 44.8 Å². The Kier molecular flexibility index (Phi) is 6.64. The van der Waals surface area contributed by atoms with E-state index in [0.29, 0.717) is 34.4 Å². The molecule has 3 aromatic rings. The minimum Gasteiger partial charge on any atom is -0.497 e. The molecule has 0 atom stereocenters. The van der Waals surface area contributed by atoms with Crippen LogP contribution in [0, 0.1) is 6.92 Å². The van der Waals surface area contributed by atoms with Crippen LogP contribution in [0.5, 0.6) is 5.75 Å². The highest BCUT2D eigenvalue weighted by atomic mass is 32.1. The minimum absolute atomic E-state index is 0.160. The average Bonchev–Trinajstić information content (AvgIpc) is 3.16. The van der Waals surface area contributed by atoms with E-state index in [9.17, 15) is 9.59 Å². The Bertz CT molecular complexity index is 1070. The fraction of sp³-hybridized carbons (Fsp3) is 0.429. The molecular weight excluding hydrogens is 390 g/mol. The van der Waals surface area contributed by atoms with E-state index >= 15 is 0 Å². The van der Waals surface area contributed by atoms with Gasteiger partial charge in [0.05, 0.1) is 7.11 Å². The number of hydrogen-bond donors (Lipinski definition) is 1. The zero-order chi connectivity index (χ0) is 21.0. The van der Waals surface area contributed by atoms with E-state index < -0.39 is 5.63 Å². The van der Waals surface area contributed by atoms with E-state index in [-0.39, 0.29) is 12.3 Å². The van der Waals surface area contributed by atoms with Gasteiger partial charge in [0.2, 0.25) is 11.0 Å². The molecule has 1 N–H and O–H groups in total. The average molecular weight is 416 g/mol. The van der Waals surface area contributed by atoms with Gasteiger partial charge >= 0.3 is 5.63 Å². The molecule has 1 aromatic carbocycles. The lowest BCUT2D eigenvalue weighted by Gasteiger charge is -2.08. The SMILES string of the molecule is CCC(CC)c1nnc(NC(=O)CCc2c(C)c3ccc(OC)cc3oc2=O)s1. The number of fused-ring (bicyclic) bond motifs is 1. The molecule has 3 rings (SSSR count). The Balaban J connectivity index is 1.70. The van der Waals surface area contributed by atoms with Gasteiger partial charge in [0, 0.05) is 29.4 Å². The van der Waals surface area contributed by atoms with Gasteiger partial charge in [-0.3, -0.25) is 4.79 Å².